The molecule has 3 N–H and O–H groups in total. The Bertz CT molecular complexity index is 441. The summed E-state index contributed by atoms with van der Waals surface area (Å²) in [5, 5.41) is 2.65. The van der Waals surface area contributed by atoms with Crippen molar-refractivity contribution in [3.05, 3.63) is 24.3 Å². The fourth-order valence-corrected chi connectivity index (χ4v) is 2.38. The highest BCUT2D eigenvalue weighted by atomic mass is 32.2. The number of rotatable bonds is 5. The zero-order valence-electron chi connectivity index (χ0n) is 9.60. The molecule has 0 aliphatic heterocycles. The molecule has 0 saturated carbocycles. The third-order valence-electron chi connectivity index (χ3n) is 2.26. The number of hydrogen-bond acceptors (Lipinski definition) is 4. The zero-order chi connectivity index (χ0) is 12.2. The van der Waals surface area contributed by atoms with Crippen molar-refractivity contribution in [2.24, 2.45) is 5.73 Å². The van der Waals surface area contributed by atoms with Crippen LogP contribution in [0.15, 0.2) is 29.2 Å². The van der Waals surface area contributed by atoms with Gasteiger partial charge in [-0.05, 0) is 32.0 Å². The van der Waals surface area contributed by atoms with Gasteiger partial charge in [0, 0.05) is 18.8 Å². The van der Waals surface area contributed by atoms with E-state index >= 15 is 0 Å². The Morgan fingerprint density at radius 3 is 2.62 bits per heavy atom. The van der Waals surface area contributed by atoms with E-state index in [2.05, 4.69) is 5.32 Å². The van der Waals surface area contributed by atoms with Gasteiger partial charge in [0.1, 0.15) is 0 Å². The Morgan fingerprint density at radius 1 is 1.38 bits per heavy atom. The molecule has 1 aromatic carbocycles. The predicted octanol–water partition coefficient (Wildman–Crippen LogP) is 1.24. The van der Waals surface area contributed by atoms with Crippen LogP contribution in [-0.4, -0.2) is 26.8 Å². The predicted molar refractivity (Wildman–Crippen MR) is 66.3 cm³/mol. The van der Waals surface area contributed by atoms with Crippen LogP contribution in [0, 0.1) is 0 Å². The van der Waals surface area contributed by atoms with Crippen molar-refractivity contribution < 1.29 is 8.42 Å². The van der Waals surface area contributed by atoms with Gasteiger partial charge in [0.15, 0.2) is 9.84 Å². The van der Waals surface area contributed by atoms with Gasteiger partial charge in [-0.15, -0.1) is 0 Å². The summed E-state index contributed by atoms with van der Waals surface area (Å²) in [5.74, 6) is 0. The minimum atomic E-state index is -3.20. The molecule has 0 bridgehead atoms. The van der Waals surface area contributed by atoms with Gasteiger partial charge in [-0.1, -0.05) is 6.07 Å². The van der Waals surface area contributed by atoms with E-state index in [9.17, 15) is 8.42 Å². The second-order valence-electron chi connectivity index (χ2n) is 3.84. The zero-order valence-corrected chi connectivity index (χ0v) is 10.4. The smallest absolute Gasteiger partial charge is 0.180 e. The second kappa shape index (κ2) is 5.32. The van der Waals surface area contributed by atoms with E-state index in [0.717, 1.165) is 5.69 Å². The molecule has 90 valence electrons. The molecule has 4 nitrogen and oxygen atoms in total. The van der Waals surface area contributed by atoms with Gasteiger partial charge in [0.25, 0.3) is 0 Å². The number of nitrogens with two attached hydrogens (primary N) is 1. The van der Waals surface area contributed by atoms with Gasteiger partial charge in [0.2, 0.25) is 0 Å². The van der Waals surface area contributed by atoms with Crippen molar-refractivity contribution in [1.82, 2.24) is 0 Å². The molecule has 1 aromatic rings. The van der Waals surface area contributed by atoms with Crippen LogP contribution in [0.1, 0.15) is 13.8 Å². The number of nitrogens with one attached hydrogen (secondary N) is 1. The number of hydrogen-bond donors (Lipinski definition) is 2. The normalized spacial score (nSPS) is 11.8. The summed E-state index contributed by atoms with van der Waals surface area (Å²) in [5.41, 5.74) is 6.15. The maximum atomic E-state index is 11.9. The lowest BCUT2D eigenvalue weighted by atomic mass is 10.3. The second-order valence-corrected chi connectivity index (χ2v) is 6.34. The quantitative estimate of drug-likeness (QED) is 0.815. The van der Waals surface area contributed by atoms with E-state index in [-0.39, 0.29) is 0 Å². The van der Waals surface area contributed by atoms with Gasteiger partial charge in [-0.25, -0.2) is 8.42 Å². The molecule has 0 aromatic heterocycles. The van der Waals surface area contributed by atoms with E-state index < -0.39 is 15.1 Å². The molecular formula is C11H18N2O2S. The molecule has 0 unspecified atom stereocenters. The molecule has 0 saturated heterocycles. The van der Waals surface area contributed by atoms with Crippen LogP contribution < -0.4 is 11.1 Å². The minimum Gasteiger partial charge on any atom is -0.384 e. The largest absolute Gasteiger partial charge is 0.384 e. The lowest BCUT2D eigenvalue weighted by molar-refractivity contribution is 0.587. The highest BCUT2D eigenvalue weighted by Gasteiger charge is 2.18. The lowest BCUT2D eigenvalue weighted by Crippen LogP contribution is -2.15. The van der Waals surface area contributed by atoms with E-state index in [4.69, 9.17) is 5.73 Å². The van der Waals surface area contributed by atoms with E-state index in [1.165, 1.54) is 0 Å². The van der Waals surface area contributed by atoms with Crippen LogP contribution in [0.5, 0.6) is 0 Å². The SMILES string of the molecule is CC(C)S(=O)(=O)c1cccc(NCCN)c1. The Labute approximate surface area is 96.8 Å². The molecule has 0 heterocycles. The Balaban J connectivity index is 2.99. The number of benzene rings is 1. The van der Waals surface area contributed by atoms with Crippen molar-refractivity contribution in [2.75, 3.05) is 18.4 Å². The molecule has 16 heavy (non-hydrogen) atoms. The molecule has 0 radical (unpaired) electrons. The average molecular weight is 242 g/mol. The van der Waals surface area contributed by atoms with Crippen molar-refractivity contribution in [3.63, 3.8) is 0 Å². The molecule has 5 heteroatoms. The molecule has 0 aliphatic carbocycles. The summed E-state index contributed by atoms with van der Waals surface area (Å²) in [6.07, 6.45) is 0. The first-order valence-corrected chi connectivity index (χ1v) is 6.81. The van der Waals surface area contributed by atoms with Crippen LogP contribution in [0.25, 0.3) is 0 Å². The van der Waals surface area contributed by atoms with E-state index in [1.807, 2.05) is 6.07 Å². The summed E-state index contributed by atoms with van der Waals surface area (Å²) in [6, 6.07) is 6.82. The van der Waals surface area contributed by atoms with Crippen molar-refractivity contribution >= 4 is 15.5 Å². The van der Waals surface area contributed by atoms with Gasteiger partial charge in [-0.2, -0.15) is 0 Å². The van der Waals surface area contributed by atoms with Gasteiger partial charge >= 0.3 is 0 Å². The van der Waals surface area contributed by atoms with E-state index in [1.54, 1.807) is 32.0 Å². The maximum absolute atomic E-state index is 11.9. The molecule has 0 spiro atoms. The Kier molecular flexibility index (Phi) is 4.32. The van der Waals surface area contributed by atoms with Crippen molar-refractivity contribution in [2.45, 2.75) is 24.0 Å². The molecule has 0 aliphatic rings. The standard InChI is InChI=1S/C11H18N2O2S/c1-9(2)16(14,15)11-5-3-4-10(8-11)13-7-6-12/h3-5,8-9,13H,6-7,12H2,1-2H3. The Hall–Kier alpha value is -1.07. The highest BCUT2D eigenvalue weighted by molar-refractivity contribution is 7.92. The fraction of sp³-hybridized carbons (Fsp3) is 0.455. The molecule has 1 rings (SSSR count). The topological polar surface area (TPSA) is 72.2 Å². The monoisotopic (exact) mass is 242 g/mol. The first kappa shape index (κ1) is 13.0. The third kappa shape index (κ3) is 2.96. The summed E-state index contributed by atoms with van der Waals surface area (Å²) in [4.78, 5) is 0.351. The van der Waals surface area contributed by atoms with Crippen molar-refractivity contribution in [1.29, 1.82) is 0 Å². The number of anilines is 1. The molecule has 0 atom stereocenters. The average Bonchev–Trinajstić information content (AvgIpc) is 2.26. The van der Waals surface area contributed by atoms with Crippen LogP contribution in [-0.2, 0) is 9.84 Å². The number of sulfone groups is 1. The summed E-state index contributed by atoms with van der Waals surface area (Å²) >= 11 is 0. The maximum Gasteiger partial charge on any atom is 0.180 e. The first-order chi connectivity index (χ1) is 7.48. The van der Waals surface area contributed by atoms with Gasteiger partial charge in [0.05, 0.1) is 10.1 Å². The highest BCUT2D eigenvalue weighted by Crippen LogP contribution is 2.19. The molecule has 0 amide bonds. The van der Waals surface area contributed by atoms with Crippen LogP contribution in [0.4, 0.5) is 5.69 Å². The lowest BCUT2D eigenvalue weighted by Gasteiger charge is -2.10. The van der Waals surface area contributed by atoms with Crippen LogP contribution >= 0.6 is 0 Å². The molecular weight excluding hydrogens is 224 g/mol. The first-order valence-electron chi connectivity index (χ1n) is 5.26. The fourth-order valence-electron chi connectivity index (χ4n) is 1.27. The summed E-state index contributed by atoms with van der Waals surface area (Å²) in [7, 11) is -3.20. The molecule has 0 fully saturated rings. The summed E-state index contributed by atoms with van der Waals surface area (Å²) in [6.45, 7) is 4.50. The van der Waals surface area contributed by atoms with Crippen LogP contribution in [0.3, 0.4) is 0 Å². The minimum absolute atomic E-state index is 0.351. The van der Waals surface area contributed by atoms with Gasteiger partial charge < -0.3 is 11.1 Å². The Morgan fingerprint density at radius 2 is 2.06 bits per heavy atom. The van der Waals surface area contributed by atoms with Crippen LogP contribution in [0.2, 0.25) is 0 Å². The third-order valence-corrected chi connectivity index (χ3v) is 4.41. The van der Waals surface area contributed by atoms with E-state index in [0.29, 0.717) is 18.0 Å². The van der Waals surface area contributed by atoms with Gasteiger partial charge in [-0.3, -0.25) is 0 Å². The van der Waals surface area contributed by atoms with Crippen molar-refractivity contribution in [3.8, 4) is 0 Å². The summed E-state index contributed by atoms with van der Waals surface area (Å²) < 4.78 is 23.8.